The molecule has 2 rings (SSSR count). The molecule has 0 fully saturated rings. The van der Waals surface area contributed by atoms with E-state index < -0.39 is 0 Å². The van der Waals surface area contributed by atoms with Crippen molar-refractivity contribution in [3.8, 4) is 0 Å². The monoisotopic (exact) mass is 346 g/mol. The van der Waals surface area contributed by atoms with Crippen molar-refractivity contribution in [2.75, 3.05) is 13.2 Å². The molecule has 0 aliphatic rings. The van der Waals surface area contributed by atoms with Crippen LogP contribution < -0.4 is 10.9 Å². The first-order valence-corrected chi connectivity index (χ1v) is 8.56. The van der Waals surface area contributed by atoms with Crippen LogP contribution in [0.25, 0.3) is 11.0 Å². The molecule has 1 aromatic carbocycles. The van der Waals surface area contributed by atoms with E-state index in [1.165, 1.54) is 0 Å². The fraction of sp³-hybridized carbons (Fsp3) is 0.500. The zero-order valence-electron chi connectivity index (χ0n) is 15.3. The number of ether oxygens (including phenoxy) is 1. The van der Waals surface area contributed by atoms with Crippen LogP contribution >= 0.6 is 0 Å². The standard InChI is InChI=1S/C18H26N4O3/c1-5-22-13(4)19-15-10-14(6-7-16(15)22)18(24)21-20-17(23)8-9-25-11-12(2)3/h6-7,10,12H,5,8-9,11H2,1-4H3,(H,20,23)(H,21,24). The highest BCUT2D eigenvalue weighted by Gasteiger charge is 2.11. The molecule has 0 atom stereocenters. The number of rotatable bonds is 7. The number of hydrazine groups is 1. The molecular weight excluding hydrogens is 320 g/mol. The summed E-state index contributed by atoms with van der Waals surface area (Å²) in [6, 6.07) is 5.32. The number of aryl methyl sites for hydroxylation is 2. The van der Waals surface area contributed by atoms with E-state index in [0.29, 0.717) is 24.7 Å². The fourth-order valence-corrected chi connectivity index (χ4v) is 2.54. The summed E-state index contributed by atoms with van der Waals surface area (Å²) in [5.41, 5.74) is 7.02. The van der Waals surface area contributed by atoms with Gasteiger partial charge in [-0.15, -0.1) is 0 Å². The number of carbonyl (C=O) groups excluding carboxylic acids is 2. The Labute approximate surface area is 147 Å². The molecule has 0 saturated heterocycles. The van der Waals surface area contributed by atoms with E-state index in [1.807, 2.05) is 26.8 Å². The zero-order valence-corrected chi connectivity index (χ0v) is 15.3. The van der Waals surface area contributed by atoms with Gasteiger partial charge in [0, 0.05) is 18.7 Å². The Balaban J connectivity index is 1.88. The molecule has 1 heterocycles. The van der Waals surface area contributed by atoms with Crippen molar-refractivity contribution in [3.05, 3.63) is 29.6 Å². The van der Waals surface area contributed by atoms with Gasteiger partial charge in [0.15, 0.2) is 0 Å². The Bertz CT molecular complexity index is 752. The molecule has 2 N–H and O–H groups in total. The molecule has 7 heteroatoms. The molecule has 2 amide bonds. The van der Waals surface area contributed by atoms with Crippen LogP contribution in [0.15, 0.2) is 18.2 Å². The van der Waals surface area contributed by atoms with E-state index in [2.05, 4.69) is 27.3 Å². The molecule has 0 radical (unpaired) electrons. The van der Waals surface area contributed by atoms with Gasteiger partial charge in [-0.05, 0) is 38.0 Å². The lowest BCUT2D eigenvalue weighted by molar-refractivity contribution is -0.123. The van der Waals surface area contributed by atoms with Gasteiger partial charge in [-0.25, -0.2) is 4.98 Å². The summed E-state index contributed by atoms with van der Waals surface area (Å²) in [5.74, 6) is 0.675. The maximum absolute atomic E-state index is 12.2. The van der Waals surface area contributed by atoms with E-state index in [4.69, 9.17) is 4.74 Å². The van der Waals surface area contributed by atoms with Gasteiger partial charge in [-0.2, -0.15) is 0 Å². The van der Waals surface area contributed by atoms with Gasteiger partial charge < -0.3 is 9.30 Å². The molecule has 0 saturated carbocycles. The highest BCUT2D eigenvalue weighted by molar-refractivity contribution is 5.98. The number of fused-ring (bicyclic) bond motifs is 1. The summed E-state index contributed by atoms with van der Waals surface area (Å²) in [4.78, 5) is 28.3. The molecule has 0 unspecified atom stereocenters. The Morgan fingerprint density at radius 2 is 2.04 bits per heavy atom. The maximum Gasteiger partial charge on any atom is 0.269 e. The SMILES string of the molecule is CCn1c(C)nc2cc(C(=O)NNC(=O)CCOCC(C)C)ccc21. The number of hydrogen-bond acceptors (Lipinski definition) is 4. The van der Waals surface area contributed by atoms with Crippen molar-refractivity contribution in [2.24, 2.45) is 5.92 Å². The highest BCUT2D eigenvalue weighted by atomic mass is 16.5. The first kappa shape index (κ1) is 18.9. The third kappa shape index (κ3) is 5.03. The Kier molecular flexibility index (Phi) is 6.52. The van der Waals surface area contributed by atoms with Crippen molar-refractivity contribution in [1.82, 2.24) is 20.4 Å². The third-order valence-corrected chi connectivity index (χ3v) is 3.76. The number of imidazole rings is 1. The largest absolute Gasteiger partial charge is 0.381 e. The van der Waals surface area contributed by atoms with E-state index >= 15 is 0 Å². The minimum atomic E-state index is -0.373. The molecule has 1 aromatic heterocycles. The third-order valence-electron chi connectivity index (χ3n) is 3.76. The molecule has 2 aromatic rings. The van der Waals surface area contributed by atoms with Gasteiger partial charge in [0.1, 0.15) is 5.82 Å². The zero-order chi connectivity index (χ0) is 18.4. The molecule has 0 spiro atoms. The van der Waals surface area contributed by atoms with Gasteiger partial charge in [0.25, 0.3) is 5.91 Å². The molecule has 0 aliphatic carbocycles. The van der Waals surface area contributed by atoms with Gasteiger partial charge in [0.05, 0.1) is 24.1 Å². The summed E-state index contributed by atoms with van der Waals surface area (Å²) >= 11 is 0. The number of carbonyl (C=O) groups is 2. The van der Waals surface area contributed by atoms with Crippen molar-refractivity contribution in [2.45, 2.75) is 40.7 Å². The van der Waals surface area contributed by atoms with Crippen molar-refractivity contribution in [1.29, 1.82) is 0 Å². The molecule has 25 heavy (non-hydrogen) atoms. The Morgan fingerprint density at radius 3 is 2.72 bits per heavy atom. The number of aromatic nitrogens is 2. The van der Waals surface area contributed by atoms with Crippen LogP contribution in [0.4, 0.5) is 0 Å². The Morgan fingerprint density at radius 1 is 1.28 bits per heavy atom. The molecule has 0 bridgehead atoms. The van der Waals surface area contributed by atoms with Gasteiger partial charge in [-0.1, -0.05) is 13.8 Å². The lowest BCUT2D eigenvalue weighted by atomic mass is 10.2. The first-order valence-electron chi connectivity index (χ1n) is 8.56. The highest BCUT2D eigenvalue weighted by Crippen LogP contribution is 2.17. The summed E-state index contributed by atoms with van der Waals surface area (Å²) in [5, 5.41) is 0. The van der Waals surface area contributed by atoms with Gasteiger partial charge >= 0.3 is 0 Å². The first-order chi connectivity index (χ1) is 11.9. The maximum atomic E-state index is 12.2. The number of amides is 2. The minimum absolute atomic E-state index is 0.201. The normalized spacial score (nSPS) is 11.1. The van der Waals surface area contributed by atoms with Crippen LogP contribution in [0, 0.1) is 12.8 Å². The minimum Gasteiger partial charge on any atom is -0.381 e. The van der Waals surface area contributed by atoms with Crippen molar-refractivity contribution >= 4 is 22.8 Å². The molecule has 0 aliphatic heterocycles. The number of nitrogens with one attached hydrogen (secondary N) is 2. The van der Waals surface area contributed by atoms with Crippen LogP contribution in [-0.4, -0.2) is 34.6 Å². The van der Waals surface area contributed by atoms with E-state index in [1.54, 1.807) is 12.1 Å². The number of nitrogens with zero attached hydrogens (tertiary/aromatic N) is 2. The summed E-state index contributed by atoms with van der Waals surface area (Å²) in [6.45, 7) is 9.84. The summed E-state index contributed by atoms with van der Waals surface area (Å²) in [7, 11) is 0. The predicted octanol–water partition coefficient (Wildman–Crippen LogP) is 2.19. The van der Waals surface area contributed by atoms with Crippen LogP contribution in [0.1, 0.15) is 43.4 Å². The second-order valence-corrected chi connectivity index (χ2v) is 6.33. The van der Waals surface area contributed by atoms with Crippen LogP contribution in [-0.2, 0) is 16.1 Å². The second-order valence-electron chi connectivity index (χ2n) is 6.33. The number of benzene rings is 1. The van der Waals surface area contributed by atoms with Crippen LogP contribution in [0.3, 0.4) is 0 Å². The van der Waals surface area contributed by atoms with Gasteiger partial charge in [-0.3, -0.25) is 20.4 Å². The van der Waals surface area contributed by atoms with Crippen molar-refractivity contribution in [3.63, 3.8) is 0 Å². The second kappa shape index (κ2) is 8.62. The smallest absolute Gasteiger partial charge is 0.269 e. The summed E-state index contributed by atoms with van der Waals surface area (Å²) < 4.78 is 7.42. The van der Waals surface area contributed by atoms with Crippen LogP contribution in [0.2, 0.25) is 0 Å². The summed E-state index contributed by atoms with van der Waals surface area (Å²) in [6.07, 6.45) is 0.201. The molecule has 7 nitrogen and oxygen atoms in total. The van der Waals surface area contributed by atoms with Crippen molar-refractivity contribution < 1.29 is 14.3 Å². The lowest BCUT2D eigenvalue weighted by Gasteiger charge is -2.09. The number of hydrogen-bond donors (Lipinski definition) is 2. The molecular formula is C18H26N4O3. The quantitative estimate of drug-likeness (QED) is 0.594. The average Bonchev–Trinajstić information content (AvgIpc) is 2.90. The van der Waals surface area contributed by atoms with E-state index in [0.717, 1.165) is 23.4 Å². The average molecular weight is 346 g/mol. The van der Waals surface area contributed by atoms with E-state index in [9.17, 15) is 9.59 Å². The van der Waals surface area contributed by atoms with Crippen LogP contribution in [0.5, 0.6) is 0 Å². The molecule has 136 valence electrons. The van der Waals surface area contributed by atoms with E-state index in [-0.39, 0.29) is 18.2 Å². The fourth-order valence-electron chi connectivity index (χ4n) is 2.54. The lowest BCUT2D eigenvalue weighted by Crippen LogP contribution is -2.42. The van der Waals surface area contributed by atoms with Gasteiger partial charge in [0.2, 0.25) is 5.91 Å². The predicted molar refractivity (Wildman–Crippen MR) is 96.0 cm³/mol. The topological polar surface area (TPSA) is 85.3 Å². The Hall–Kier alpha value is -2.41.